The second kappa shape index (κ2) is 10.6. The molecule has 0 saturated carbocycles. The summed E-state index contributed by atoms with van der Waals surface area (Å²) in [7, 11) is 1.68. The molecule has 0 bridgehead atoms. The Morgan fingerprint density at radius 1 is 1.30 bits per heavy atom. The molecule has 0 spiro atoms. The van der Waals surface area contributed by atoms with Crippen LogP contribution < -0.4 is 15.4 Å². The first kappa shape index (κ1) is 20.9. The molecule has 0 aliphatic carbocycles. The summed E-state index contributed by atoms with van der Waals surface area (Å²) in [6.07, 6.45) is 1.54. The van der Waals surface area contributed by atoms with Gasteiger partial charge in [0.1, 0.15) is 5.75 Å². The molecule has 1 heterocycles. The van der Waals surface area contributed by atoms with E-state index in [2.05, 4.69) is 29.7 Å². The summed E-state index contributed by atoms with van der Waals surface area (Å²) in [6, 6.07) is 6.44. The van der Waals surface area contributed by atoms with Crippen LogP contribution in [0.3, 0.4) is 0 Å². The Bertz CT molecular complexity index is 640. The van der Waals surface area contributed by atoms with Crippen LogP contribution in [-0.2, 0) is 11.3 Å². The van der Waals surface area contributed by atoms with Crippen molar-refractivity contribution in [1.82, 2.24) is 15.5 Å². The molecule has 0 radical (unpaired) electrons. The zero-order valence-electron chi connectivity index (χ0n) is 16.9. The zero-order valence-corrected chi connectivity index (χ0v) is 16.9. The summed E-state index contributed by atoms with van der Waals surface area (Å²) < 4.78 is 10.5. The van der Waals surface area contributed by atoms with Gasteiger partial charge in [-0.1, -0.05) is 12.1 Å². The lowest BCUT2D eigenvalue weighted by atomic mass is 10.1. The van der Waals surface area contributed by atoms with Gasteiger partial charge in [0.05, 0.1) is 20.3 Å². The van der Waals surface area contributed by atoms with Gasteiger partial charge in [0.15, 0.2) is 5.96 Å². The van der Waals surface area contributed by atoms with Crippen LogP contribution in [0.1, 0.15) is 37.8 Å². The van der Waals surface area contributed by atoms with Crippen molar-refractivity contribution in [2.24, 2.45) is 4.99 Å². The maximum absolute atomic E-state index is 11.8. The molecule has 1 fully saturated rings. The number of rotatable bonds is 6. The Labute approximate surface area is 162 Å². The van der Waals surface area contributed by atoms with Crippen LogP contribution in [0.25, 0.3) is 0 Å². The third-order valence-electron chi connectivity index (χ3n) is 4.60. The number of hydrogen-bond acceptors (Lipinski definition) is 4. The quantitative estimate of drug-likeness (QED) is 0.590. The Balaban J connectivity index is 1.91. The summed E-state index contributed by atoms with van der Waals surface area (Å²) in [5.74, 6) is 1.68. The van der Waals surface area contributed by atoms with Gasteiger partial charge in [-0.25, -0.2) is 9.79 Å². The Hall–Kier alpha value is -2.44. The predicted octanol–water partition coefficient (Wildman–Crippen LogP) is 2.68. The molecule has 1 aliphatic heterocycles. The zero-order chi connectivity index (χ0) is 19.6. The van der Waals surface area contributed by atoms with Crippen molar-refractivity contribution >= 4 is 12.1 Å². The molecule has 27 heavy (non-hydrogen) atoms. The van der Waals surface area contributed by atoms with Crippen molar-refractivity contribution in [3.8, 4) is 5.75 Å². The van der Waals surface area contributed by atoms with Crippen LogP contribution >= 0.6 is 0 Å². The van der Waals surface area contributed by atoms with Gasteiger partial charge in [-0.05, 0) is 50.8 Å². The van der Waals surface area contributed by atoms with E-state index in [1.165, 1.54) is 0 Å². The lowest BCUT2D eigenvalue weighted by molar-refractivity contribution is 0.0963. The van der Waals surface area contributed by atoms with Crippen LogP contribution in [-0.4, -0.2) is 56.3 Å². The van der Waals surface area contributed by atoms with Gasteiger partial charge in [-0.3, -0.25) is 0 Å². The molecule has 7 nitrogen and oxygen atoms in total. The number of carbonyl (C=O) groups is 1. The van der Waals surface area contributed by atoms with E-state index >= 15 is 0 Å². The lowest BCUT2D eigenvalue weighted by Crippen LogP contribution is -2.49. The fourth-order valence-electron chi connectivity index (χ4n) is 3.07. The summed E-state index contributed by atoms with van der Waals surface area (Å²) in [4.78, 5) is 18.3. The largest absolute Gasteiger partial charge is 0.496 e. The number of ether oxygens (including phenoxy) is 2. The monoisotopic (exact) mass is 376 g/mol. The van der Waals surface area contributed by atoms with Gasteiger partial charge >= 0.3 is 6.09 Å². The molecule has 0 unspecified atom stereocenters. The number of guanidine groups is 1. The standard InChI is InChI=1S/C20H32N4O3/c1-5-21-19(22-14-16-8-7-15(3)18(13-16)26-4)23-17-9-11-24(12-10-17)20(25)27-6-2/h7-8,13,17H,5-6,9-12,14H2,1-4H3,(H2,21,22,23). The van der Waals surface area contributed by atoms with Gasteiger partial charge in [0.2, 0.25) is 0 Å². The second-order valence-electron chi connectivity index (χ2n) is 6.60. The topological polar surface area (TPSA) is 75.2 Å². The summed E-state index contributed by atoms with van der Waals surface area (Å²) in [5.41, 5.74) is 2.22. The number of likely N-dealkylation sites (tertiary alicyclic amines) is 1. The fourth-order valence-corrected chi connectivity index (χ4v) is 3.07. The highest BCUT2D eigenvalue weighted by molar-refractivity contribution is 5.80. The van der Waals surface area contributed by atoms with Gasteiger partial charge in [0.25, 0.3) is 0 Å². The molecule has 1 aromatic rings. The van der Waals surface area contributed by atoms with Crippen molar-refractivity contribution in [3.05, 3.63) is 29.3 Å². The highest BCUT2D eigenvalue weighted by Crippen LogP contribution is 2.19. The molecule has 7 heteroatoms. The molecule has 0 aromatic heterocycles. The number of amides is 1. The van der Waals surface area contributed by atoms with Gasteiger partial charge in [0, 0.05) is 25.7 Å². The maximum Gasteiger partial charge on any atom is 0.409 e. The fraction of sp³-hybridized carbons (Fsp3) is 0.600. The van der Waals surface area contributed by atoms with Crippen LogP contribution in [0.4, 0.5) is 4.79 Å². The number of piperidine rings is 1. The number of aliphatic imine (C=N–C) groups is 1. The van der Waals surface area contributed by atoms with Crippen LogP contribution in [0, 0.1) is 6.92 Å². The molecule has 150 valence electrons. The molecule has 1 aromatic carbocycles. The Kier molecular flexibility index (Phi) is 8.23. The molecule has 2 rings (SSSR count). The summed E-state index contributed by atoms with van der Waals surface area (Å²) in [6.45, 7) is 9.09. The van der Waals surface area contributed by atoms with E-state index in [0.717, 1.165) is 42.2 Å². The Morgan fingerprint density at radius 2 is 2.04 bits per heavy atom. The van der Waals surface area contributed by atoms with Crippen LogP contribution in [0.2, 0.25) is 0 Å². The predicted molar refractivity (Wildman–Crippen MR) is 107 cm³/mol. The van der Waals surface area contributed by atoms with E-state index in [-0.39, 0.29) is 6.09 Å². The molecule has 2 N–H and O–H groups in total. The summed E-state index contributed by atoms with van der Waals surface area (Å²) >= 11 is 0. The van der Waals surface area contributed by atoms with Crippen molar-refractivity contribution in [1.29, 1.82) is 0 Å². The number of carbonyl (C=O) groups excluding carboxylic acids is 1. The average molecular weight is 377 g/mol. The smallest absolute Gasteiger partial charge is 0.409 e. The summed E-state index contributed by atoms with van der Waals surface area (Å²) in [5, 5.41) is 6.78. The van der Waals surface area contributed by atoms with E-state index < -0.39 is 0 Å². The van der Waals surface area contributed by atoms with Gasteiger partial charge in [-0.2, -0.15) is 0 Å². The molecule has 1 aliphatic rings. The Morgan fingerprint density at radius 3 is 2.67 bits per heavy atom. The number of methoxy groups -OCH3 is 1. The van der Waals surface area contributed by atoms with E-state index in [9.17, 15) is 4.79 Å². The van der Waals surface area contributed by atoms with Crippen molar-refractivity contribution < 1.29 is 14.3 Å². The minimum atomic E-state index is -0.218. The maximum atomic E-state index is 11.8. The third-order valence-corrected chi connectivity index (χ3v) is 4.60. The lowest BCUT2D eigenvalue weighted by Gasteiger charge is -2.32. The van der Waals surface area contributed by atoms with Gasteiger partial charge < -0.3 is 25.0 Å². The SMILES string of the molecule is CCNC(=NCc1ccc(C)c(OC)c1)NC1CCN(C(=O)OCC)CC1. The minimum Gasteiger partial charge on any atom is -0.496 e. The first-order chi connectivity index (χ1) is 13.1. The number of benzene rings is 1. The first-order valence-corrected chi connectivity index (χ1v) is 9.67. The van der Waals surface area contributed by atoms with Crippen molar-refractivity contribution in [2.75, 3.05) is 33.4 Å². The number of nitrogens with one attached hydrogen (secondary N) is 2. The van der Waals surface area contributed by atoms with E-state index in [1.54, 1.807) is 12.0 Å². The van der Waals surface area contributed by atoms with Crippen molar-refractivity contribution in [3.63, 3.8) is 0 Å². The molecule has 1 amide bonds. The van der Waals surface area contributed by atoms with Crippen molar-refractivity contribution in [2.45, 2.75) is 46.2 Å². The van der Waals surface area contributed by atoms with Crippen LogP contribution in [0.15, 0.2) is 23.2 Å². The number of hydrogen-bond donors (Lipinski definition) is 2. The highest BCUT2D eigenvalue weighted by Gasteiger charge is 2.24. The normalized spacial score (nSPS) is 15.4. The average Bonchev–Trinajstić information content (AvgIpc) is 2.68. The molecule has 0 atom stereocenters. The number of aryl methyl sites for hydroxylation is 1. The molecular formula is C20H32N4O3. The minimum absolute atomic E-state index is 0.218. The first-order valence-electron chi connectivity index (χ1n) is 9.67. The molecule has 1 saturated heterocycles. The van der Waals surface area contributed by atoms with E-state index in [4.69, 9.17) is 14.5 Å². The third kappa shape index (κ3) is 6.34. The number of nitrogens with zero attached hydrogens (tertiary/aromatic N) is 2. The molecular weight excluding hydrogens is 344 g/mol. The van der Waals surface area contributed by atoms with E-state index in [1.807, 2.05) is 19.9 Å². The second-order valence-corrected chi connectivity index (χ2v) is 6.60. The van der Waals surface area contributed by atoms with Gasteiger partial charge in [-0.15, -0.1) is 0 Å². The highest BCUT2D eigenvalue weighted by atomic mass is 16.6. The van der Waals surface area contributed by atoms with E-state index in [0.29, 0.717) is 32.3 Å². The van der Waals surface area contributed by atoms with Crippen LogP contribution in [0.5, 0.6) is 5.75 Å².